The molecular weight excluding hydrogens is 634 g/mol. The van der Waals surface area contributed by atoms with Crippen molar-refractivity contribution in [1.82, 2.24) is 15.6 Å². The summed E-state index contributed by atoms with van der Waals surface area (Å²) in [6, 6.07) is 30.1. The summed E-state index contributed by atoms with van der Waals surface area (Å²) in [7, 11) is 0. The van der Waals surface area contributed by atoms with Crippen molar-refractivity contribution in [3.8, 4) is 34.0 Å². The highest BCUT2D eigenvalue weighted by Crippen LogP contribution is 2.29. The number of alkyl carbamates (subject to hydrolysis) is 1. The van der Waals surface area contributed by atoms with Gasteiger partial charge in [0.15, 0.2) is 0 Å². The normalized spacial score (nSPS) is 11.7. The van der Waals surface area contributed by atoms with Crippen molar-refractivity contribution >= 4 is 18.0 Å². The Morgan fingerprint density at radius 2 is 1.42 bits per heavy atom. The number of carboxylic acid groups (broad SMARTS) is 1. The zero-order chi connectivity index (χ0) is 35.8. The van der Waals surface area contributed by atoms with Crippen LogP contribution in [-0.4, -0.2) is 59.5 Å². The molecule has 10 nitrogen and oxygen atoms in total. The Morgan fingerprint density at radius 3 is 2.08 bits per heavy atom. The maximum absolute atomic E-state index is 12.6. The van der Waals surface area contributed by atoms with E-state index in [1.54, 1.807) is 45.0 Å². The van der Waals surface area contributed by atoms with E-state index in [-0.39, 0.29) is 18.7 Å². The highest BCUT2D eigenvalue weighted by molar-refractivity contribution is 5.83. The van der Waals surface area contributed by atoms with Gasteiger partial charge in [-0.1, -0.05) is 72.8 Å². The van der Waals surface area contributed by atoms with Gasteiger partial charge in [0.2, 0.25) is 11.8 Å². The van der Waals surface area contributed by atoms with Gasteiger partial charge in [-0.2, -0.15) is 0 Å². The van der Waals surface area contributed by atoms with Gasteiger partial charge in [-0.3, -0.25) is 4.79 Å². The summed E-state index contributed by atoms with van der Waals surface area (Å²) in [4.78, 5) is 41.0. The molecule has 10 heteroatoms. The van der Waals surface area contributed by atoms with E-state index >= 15 is 0 Å². The third kappa shape index (κ3) is 13.3. The standard InChI is InChI=1S/C40H47N3O7/c1-40(2,3)50-39(47)41-23-13-25-48-33-21-19-29(20-22-33)26-35(38(45)46)42-36(44)18-11-6-12-24-49-37-28-32(30-14-7-4-8-15-30)27-34(43-37)31-16-9-5-10-17-31/h4-5,7-10,14-17,19-22,27-28,35H,6,11-13,18,23-26H2,1-3H3,(H,41,47)(H,42,44)(H,45,46). The fraction of sp³-hybridized carbons (Fsp3) is 0.350. The van der Waals surface area contributed by atoms with E-state index in [2.05, 4.69) is 28.8 Å². The summed E-state index contributed by atoms with van der Waals surface area (Å²) in [5.74, 6) is -0.227. The quantitative estimate of drug-likeness (QED) is 0.0921. The van der Waals surface area contributed by atoms with Gasteiger partial charge in [0.1, 0.15) is 17.4 Å². The molecule has 1 atom stereocenters. The van der Waals surface area contributed by atoms with Gasteiger partial charge in [-0.25, -0.2) is 14.6 Å². The van der Waals surface area contributed by atoms with E-state index in [0.29, 0.717) is 44.2 Å². The van der Waals surface area contributed by atoms with Gasteiger partial charge >= 0.3 is 12.1 Å². The number of carbonyl (C=O) groups excluding carboxylic acids is 2. The lowest BCUT2D eigenvalue weighted by molar-refractivity contribution is -0.141. The Morgan fingerprint density at radius 1 is 0.760 bits per heavy atom. The molecule has 4 rings (SSSR count). The minimum absolute atomic E-state index is 0.148. The molecular formula is C40H47N3O7. The number of rotatable bonds is 18. The van der Waals surface area contributed by atoms with Crippen molar-refractivity contribution < 1.29 is 33.7 Å². The lowest BCUT2D eigenvalue weighted by atomic mass is 10.0. The van der Waals surface area contributed by atoms with Crippen LogP contribution < -0.4 is 20.1 Å². The number of hydrogen-bond acceptors (Lipinski definition) is 7. The van der Waals surface area contributed by atoms with Crippen LogP contribution in [0.2, 0.25) is 0 Å². The molecule has 264 valence electrons. The minimum atomic E-state index is -1.09. The molecule has 2 amide bonds. The van der Waals surface area contributed by atoms with Crippen LogP contribution in [0.3, 0.4) is 0 Å². The number of aliphatic carboxylic acids is 1. The SMILES string of the molecule is CC(C)(C)OC(=O)NCCCOc1ccc(CC(NC(=O)CCCCCOc2cc(-c3ccccc3)cc(-c3ccccc3)n2)C(=O)O)cc1. The molecule has 1 aromatic heterocycles. The number of carboxylic acids is 1. The summed E-state index contributed by atoms with van der Waals surface area (Å²) in [6.45, 7) is 6.66. The van der Waals surface area contributed by atoms with Crippen LogP contribution in [-0.2, 0) is 20.7 Å². The Kier molecular flexibility index (Phi) is 14.2. The number of hydrogen-bond donors (Lipinski definition) is 3. The first kappa shape index (κ1) is 37.4. The molecule has 0 aliphatic rings. The predicted octanol–water partition coefficient (Wildman–Crippen LogP) is 7.46. The third-order valence-corrected chi connectivity index (χ3v) is 7.53. The molecule has 3 N–H and O–H groups in total. The van der Waals surface area contributed by atoms with Gasteiger partial charge < -0.3 is 30.0 Å². The second-order valence-corrected chi connectivity index (χ2v) is 12.9. The van der Waals surface area contributed by atoms with Crippen LogP contribution in [0.15, 0.2) is 97.1 Å². The van der Waals surface area contributed by atoms with Crippen LogP contribution >= 0.6 is 0 Å². The number of pyridine rings is 1. The van der Waals surface area contributed by atoms with Crippen LogP contribution in [0.4, 0.5) is 4.79 Å². The van der Waals surface area contributed by atoms with Gasteiger partial charge in [0, 0.05) is 31.0 Å². The van der Waals surface area contributed by atoms with Crippen molar-refractivity contribution in [3.63, 3.8) is 0 Å². The van der Waals surface area contributed by atoms with Crippen molar-refractivity contribution in [2.24, 2.45) is 0 Å². The highest BCUT2D eigenvalue weighted by atomic mass is 16.6. The number of benzene rings is 3. The lowest BCUT2D eigenvalue weighted by Crippen LogP contribution is -2.42. The fourth-order valence-electron chi connectivity index (χ4n) is 5.07. The Balaban J connectivity index is 1.16. The van der Waals surface area contributed by atoms with Gasteiger partial charge in [-0.15, -0.1) is 0 Å². The average molecular weight is 682 g/mol. The topological polar surface area (TPSA) is 136 Å². The van der Waals surface area contributed by atoms with E-state index in [0.717, 1.165) is 40.8 Å². The molecule has 0 saturated carbocycles. The molecule has 0 aliphatic carbocycles. The molecule has 1 heterocycles. The molecule has 3 aromatic carbocycles. The molecule has 0 aliphatic heterocycles. The largest absolute Gasteiger partial charge is 0.494 e. The van der Waals surface area contributed by atoms with Crippen LogP contribution in [0, 0.1) is 0 Å². The second-order valence-electron chi connectivity index (χ2n) is 12.9. The Hall–Kier alpha value is -5.38. The summed E-state index contributed by atoms with van der Waals surface area (Å²) in [5, 5.41) is 15.1. The fourth-order valence-corrected chi connectivity index (χ4v) is 5.07. The van der Waals surface area contributed by atoms with Crippen molar-refractivity contribution in [1.29, 1.82) is 0 Å². The minimum Gasteiger partial charge on any atom is -0.494 e. The summed E-state index contributed by atoms with van der Waals surface area (Å²) in [6.07, 6.45) is 2.57. The summed E-state index contributed by atoms with van der Waals surface area (Å²) in [5.41, 5.74) is 4.14. The van der Waals surface area contributed by atoms with Crippen LogP contribution in [0.5, 0.6) is 11.6 Å². The van der Waals surface area contributed by atoms with E-state index in [1.165, 1.54) is 0 Å². The number of nitrogens with zero attached hydrogens (tertiary/aromatic N) is 1. The monoisotopic (exact) mass is 681 g/mol. The first-order valence-corrected chi connectivity index (χ1v) is 17.0. The third-order valence-electron chi connectivity index (χ3n) is 7.53. The van der Waals surface area contributed by atoms with E-state index in [4.69, 9.17) is 19.2 Å². The number of unbranched alkanes of at least 4 members (excludes halogenated alkanes) is 2. The molecule has 0 radical (unpaired) electrons. The van der Waals surface area contributed by atoms with E-state index < -0.39 is 23.7 Å². The summed E-state index contributed by atoms with van der Waals surface area (Å²) >= 11 is 0. The first-order valence-electron chi connectivity index (χ1n) is 17.0. The number of carbonyl (C=O) groups is 3. The zero-order valence-electron chi connectivity index (χ0n) is 29.0. The number of amides is 2. The predicted molar refractivity (Wildman–Crippen MR) is 193 cm³/mol. The van der Waals surface area contributed by atoms with Crippen LogP contribution in [0.25, 0.3) is 22.4 Å². The van der Waals surface area contributed by atoms with Gasteiger partial charge in [-0.05, 0) is 81.3 Å². The second kappa shape index (κ2) is 19.0. The Labute approximate surface area is 294 Å². The maximum atomic E-state index is 12.6. The molecule has 0 saturated heterocycles. The van der Waals surface area contributed by atoms with Crippen molar-refractivity contribution in [2.45, 2.75) is 70.9 Å². The smallest absolute Gasteiger partial charge is 0.407 e. The number of nitrogens with one attached hydrogen (secondary N) is 2. The zero-order valence-corrected chi connectivity index (χ0v) is 29.0. The maximum Gasteiger partial charge on any atom is 0.407 e. The Bertz CT molecular complexity index is 1600. The highest BCUT2D eigenvalue weighted by Gasteiger charge is 2.20. The van der Waals surface area contributed by atoms with Crippen molar-refractivity contribution in [3.05, 3.63) is 103 Å². The first-order chi connectivity index (χ1) is 24.1. The molecule has 0 bridgehead atoms. The molecule has 0 fully saturated rings. The van der Waals surface area contributed by atoms with Gasteiger partial charge in [0.05, 0.1) is 18.9 Å². The molecule has 1 unspecified atom stereocenters. The average Bonchev–Trinajstić information content (AvgIpc) is 3.10. The van der Waals surface area contributed by atoms with E-state index in [1.807, 2.05) is 54.6 Å². The molecule has 0 spiro atoms. The van der Waals surface area contributed by atoms with Crippen LogP contribution in [0.1, 0.15) is 58.4 Å². The number of ether oxygens (including phenoxy) is 3. The number of aromatic nitrogens is 1. The molecule has 50 heavy (non-hydrogen) atoms. The van der Waals surface area contributed by atoms with Gasteiger partial charge in [0.25, 0.3) is 0 Å². The molecule has 4 aromatic rings. The van der Waals surface area contributed by atoms with Crippen molar-refractivity contribution in [2.75, 3.05) is 19.8 Å². The lowest BCUT2D eigenvalue weighted by Gasteiger charge is -2.19. The van der Waals surface area contributed by atoms with E-state index in [9.17, 15) is 19.5 Å². The summed E-state index contributed by atoms with van der Waals surface area (Å²) < 4.78 is 17.0.